The summed E-state index contributed by atoms with van der Waals surface area (Å²) in [5.74, 6) is 2.89. The van der Waals surface area contributed by atoms with Crippen LogP contribution in [0.25, 0.3) is 0 Å². The average molecular weight is 1050 g/mol. The van der Waals surface area contributed by atoms with E-state index in [0.717, 1.165) is 64.6 Å². The summed E-state index contributed by atoms with van der Waals surface area (Å²) in [6.07, 6.45) is 0. The van der Waals surface area contributed by atoms with Crippen molar-refractivity contribution in [3.63, 3.8) is 0 Å². The third-order valence-electron chi connectivity index (χ3n) is 14.4. The Hall–Kier alpha value is -4.75. The molecule has 11 heteroatoms. The van der Waals surface area contributed by atoms with Gasteiger partial charge in [-0.15, -0.1) is 0 Å². The van der Waals surface area contributed by atoms with Crippen LogP contribution in [-0.4, -0.2) is 129 Å². The number of likely N-dealkylation sites (N-methyl/N-ethyl adjacent to an activating group) is 1. The summed E-state index contributed by atoms with van der Waals surface area (Å²) in [5.41, 5.74) is 12.2. The van der Waals surface area contributed by atoms with Gasteiger partial charge in [0.05, 0.1) is 18.1 Å². The molecule has 2 N–H and O–H groups in total. The minimum Gasteiger partial charge on any atom is -0.378 e. The van der Waals surface area contributed by atoms with Gasteiger partial charge in [0, 0.05) is 95.1 Å². The molecule has 3 heterocycles. The summed E-state index contributed by atoms with van der Waals surface area (Å²) in [7, 11) is 2.84. The summed E-state index contributed by atoms with van der Waals surface area (Å²) in [5, 5.41) is 4.96. The van der Waals surface area contributed by atoms with Crippen molar-refractivity contribution in [2.75, 3.05) is 115 Å². The van der Waals surface area contributed by atoms with E-state index in [9.17, 15) is 8.42 Å². The molecular weight excluding hydrogens is 947 g/mol. The Morgan fingerprint density at radius 1 is 0.440 bits per heavy atom. The van der Waals surface area contributed by atoms with Gasteiger partial charge in [-0.05, 0) is 146 Å². The number of ether oxygens (including phenoxy) is 1. The number of benzene rings is 5. The number of piperazine rings is 2. The van der Waals surface area contributed by atoms with E-state index in [-0.39, 0.29) is 4.90 Å². The summed E-state index contributed by atoms with van der Waals surface area (Å²) in [6.45, 7) is 40.6. The Morgan fingerprint density at radius 2 is 0.733 bits per heavy atom. The number of rotatable bonds is 12. The first-order valence-corrected chi connectivity index (χ1v) is 29.5. The molecule has 0 aliphatic carbocycles. The highest BCUT2D eigenvalue weighted by Gasteiger charge is 2.19. The van der Waals surface area contributed by atoms with Gasteiger partial charge in [-0.1, -0.05) is 142 Å². The molecule has 3 aliphatic rings. The SMILES string of the molecule is CC(C)c1ccc(CN(C)C)cc1.CC(C)c1ccc(N2CCN(C(C)C)CC2)cc1.CC(C)c1ccc(N2CCN(C)CC2)cc1.CC(C)c1ccc(N2CCOCC2)cc1.CC(C)c1ccc(S(N)(=O)=O)cc1. The summed E-state index contributed by atoms with van der Waals surface area (Å²) in [6, 6.07) is 43.3. The quantitative estimate of drug-likeness (QED) is 0.131. The molecule has 414 valence electrons. The molecule has 0 aromatic heterocycles. The molecule has 3 fully saturated rings. The molecule has 3 saturated heterocycles. The fourth-order valence-electron chi connectivity index (χ4n) is 9.01. The number of hydrogen-bond acceptors (Lipinski definition) is 9. The monoisotopic (exact) mass is 1050 g/mol. The van der Waals surface area contributed by atoms with Crippen LogP contribution in [0.4, 0.5) is 17.1 Å². The topological polar surface area (TPSA) is 88.8 Å². The van der Waals surface area contributed by atoms with Crippen molar-refractivity contribution < 1.29 is 13.2 Å². The largest absolute Gasteiger partial charge is 0.378 e. The lowest BCUT2D eigenvalue weighted by molar-refractivity contribution is 0.122. The van der Waals surface area contributed by atoms with Gasteiger partial charge in [0.15, 0.2) is 0 Å². The predicted octanol–water partition coefficient (Wildman–Crippen LogP) is 12.9. The number of sulfonamides is 1. The Balaban J connectivity index is 0.000000204. The van der Waals surface area contributed by atoms with Gasteiger partial charge in [-0.2, -0.15) is 0 Å². The van der Waals surface area contributed by atoms with Crippen molar-refractivity contribution in [3.8, 4) is 0 Å². The molecule has 0 spiro atoms. The average Bonchev–Trinajstić information content (AvgIpc) is 3.40. The van der Waals surface area contributed by atoms with E-state index in [0.29, 0.717) is 35.6 Å². The lowest BCUT2D eigenvalue weighted by atomic mass is 10.0. The van der Waals surface area contributed by atoms with Crippen molar-refractivity contribution in [2.45, 2.75) is 130 Å². The van der Waals surface area contributed by atoms with Crippen LogP contribution in [0.3, 0.4) is 0 Å². The smallest absolute Gasteiger partial charge is 0.238 e. The molecule has 75 heavy (non-hydrogen) atoms. The molecule has 3 aliphatic heterocycles. The van der Waals surface area contributed by atoms with Crippen LogP contribution in [-0.2, 0) is 21.3 Å². The zero-order valence-electron chi connectivity index (χ0n) is 49.1. The van der Waals surface area contributed by atoms with E-state index in [1.165, 1.54) is 83.2 Å². The zero-order chi connectivity index (χ0) is 55.2. The highest BCUT2D eigenvalue weighted by Crippen LogP contribution is 2.24. The lowest BCUT2D eigenvalue weighted by Crippen LogP contribution is -2.48. The first-order chi connectivity index (χ1) is 35.5. The van der Waals surface area contributed by atoms with Gasteiger partial charge in [-0.3, -0.25) is 4.90 Å². The van der Waals surface area contributed by atoms with Gasteiger partial charge >= 0.3 is 0 Å². The van der Waals surface area contributed by atoms with E-state index in [2.05, 4.69) is 217 Å². The number of primary sulfonamides is 1. The lowest BCUT2D eigenvalue weighted by Gasteiger charge is -2.38. The molecule has 0 bridgehead atoms. The number of nitrogens with zero attached hydrogens (tertiary/aromatic N) is 6. The van der Waals surface area contributed by atoms with E-state index >= 15 is 0 Å². The van der Waals surface area contributed by atoms with Crippen LogP contribution >= 0.6 is 0 Å². The van der Waals surface area contributed by atoms with Gasteiger partial charge in [-0.25, -0.2) is 13.6 Å². The Morgan fingerprint density at radius 3 is 1.03 bits per heavy atom. The first-order valence-electron chi connectivity index (χ1n) is 27.9. The number of hydrogen-bond donors (Lipinski definition) is 1. The predicted molar refractivity (Wildman–Crippen MR) is 323 cm³/mol. The minimum atomic E-state index is -3.55. The molecule has 0 saturated carbocycles. The van der Waals surface area contributed by atoms with Crippen LogP contribution < -0.4 is 19.8 Å². The maximum absolute atomic E-state index is 10.9. The van der Waals surface area contributed by atoms with E-state index in [4.69, 9.17) is 9.88 Å². The molecule has 5 aromatic carbocycles. The van der Waals surface area contributed by atoms with Crippen LogP contribution in [0.15, 0.2) is 126 Å². The number of morpholine rings is 1. The normalized spacial score (nSPS) is 15.6. The molecule has 0 amide bonds. The maximum atomic E-state index is 10.9. The Kier molecular flexibility index (Phi) is 26.3. The zero-order valence-corrected chi connectivity index (χ0v) is 49.9. The van der Waals surface area contributed by atoms with E-state index < -0.39 is 10.0 Å². The summed E-state index contributed by atoms with van der Waals surface area (Å²) in [4.78, 5) is 14.7. The van der Waals surface area contributed by atoms with Crippen LogP contribution in [0.1, 0.15) is 146 Å². The van der Waals surface area contributed by atoms with Crippen molar-refractivity contribution in [3.05, 3.63) is 155 Å². The highest BCUT2D eigenvalue weighted by atomic mass is 32.2. The third kappa shape index (κ3) is 22.0. The number of nitrogens with two attached hydrogens (primary N) is 1. The Labute approximate surface area is 457 Å². The molecule has 5 aromatic rings. The van der Waals surface area contributed by atoms with Crippen molar-refractivity contribution >= 4 is 27.1 Å². The number of anilines is 3. The molecule has 0 atom stereocenters. The Bertz CT molecular complexity index is 2420. The third-order valence-corrected chi connectivity index (χ3v) is 15.3. The first kappa shape index (κ1) is 62.8. The highest BCUT2D eigenvalue weighted by molar-refractivity contribution is 7.89. The molecule has 8 rings (SSSR count). The fraction of sp³-hybridized carbons (Fsp3) is 0.531. The van der Waals surface area contributed by atoms with Gasteiger partial charge < -0.3 is 29.2 Å². The standard InChI is InChI=1S/C16H26N2.C14H22N2.C13H19NO.C12H19N.C9H13NO2S/c1-13(2)15-5-7-16(8-6-15)18-11-9-17(10-12-18)14(3)4;1-12(2)13-4-6-14(7-5-13)16-10-8-15(3)9-11-16;1-11(2)12-3-5-13(6-4-12)14-7-9-15-10-8-14;1-10(2)12-7-5-11(6-8-12)9-13(3)4;1-7(2)8-3-5-9(6-4-8)13(10,11)12/h5-8,13-14H,9-12H2,1-4H3;4-7,12H,8-11H2,1-3H3;3-6,11H,7-10H2,1-2H3;5-8,10H,9H2,1-4H3;3-7H,1-2H3,(H2,10,11,12). The van der Waals surface area contributed by atoms with Crippen molar-refractivity contribution in [1.82, 2.24) is 14.7 Å². The molecular formula is C64H99N7O3S. The minimum absolute atomic E-state index is 0.164. The van der Waals surface area contributed by atoms with Crippen LogP contribution in [0.5, 0.6) is 0 Å². The molecule has 0 unspecified atom stereocenters. The molecule has 0 radical (unpaired) electrons. The fourth-order valence-corrected chi connectivity index (χ4v) is 9.52. The van der Waals surface area contributed by atoms with Crippen molar-refractivity contribution in [1.29, 1.82) is 0 Å². The van der Waals surface area contributed by atoms with E-state index in [1.54, 1.807) is 12.1 Å². The second-order valence-corrected chi connectivity index (χ2v) is 24.2. The van der Waals surface area contributed by atoms with Crippen LogP contribution in [0.2, 0.25) is 0 Å². The summed E-state index contributed by atoms with van der Waals surface area (Å²) < 4.78 is 27.1. The second-order valence-electron chi connectivity index (χ2n) is 22.6. The van der Waals surface area contributed by atoms with Gasteiger partial charge in [0.1, 0.15) is 0 Å². The molecule has 10 nitrogen and oxygen atoms in total. The van der Waals surface area contributed by atoms with Gasteiger partial charge in [0.25, 0.3) is 0 Å². The van der Waals surface area contributed by atoms with E-state index in [1.807, 2.05) is 13.8 Å². The second kappa shape index (κ2) is 31.5. The maximum Gasteiger partial charge on any atom is 0.238 e. The van der Waals surface area contributed by atoms with Gasteiger partial charge in [0.2, 0.25) is 10.0 Å². The van der Waals surface area contributed by atoms with Crippen LogP contribution in [0, 0.1) is 0 Å². The summed E-state index contributed by atoms with van der Waals surface area (Å²) >= 11 is 0. The van der Waals surface area contributed by atoms with Crippen molar-refractivity contribution in [2.24, 2.45) is 5.14 Å².